The Morgan fingerprint density at radius 2 is 1.12 bits per heavy atom. The topological polar surface area (TPSA) is 43.9 Å². The van der Waals surface area contributed by atoms with Gasteiger partial charge in [-0.25, -0.2) is 9.97 Å². The standard InChI is InChI=1S/C55H33N3OS/c1-32-52(56-55(33-14-3-2-4-15-33)57-53(32)41-22-13-25-49-51(41)40-21-10-12-24-48(40)59-49)38-28-44-43-27-35-17-6-8-19-37(35)31-50(43)60-54(44)47(30-38)58-45-23-11-9-20-39(45)42-26-34-16-5-7-18-36(34)29-46(42)58/h2-31H,1H3. The molecular weight excluding hydrogens is 751 g/mol. The van der Waals surface area contributed by atoms with Crippen LogP contribution in [-0.2, 0) is 0 Å². The van der Waals surface area contributed by atoms with E-state index in [4.69, 9.17) is 14.4 Å². The number of hydrogen-bond acceptors (Lipinski definition) is 4. The predicted molar refractivity (Wildman–Crippen MR) is 253 cm³/mol. The van der Waals surface area contributed by atoms with Gasteiger partial charge in [-0.3, -0.25) is 0 Å². The molecule has 280 valence electrons. The van der Waals surface area contributed by atoms with Crippen molar-refractivity contribution < 1.29 is 4.42 Å². The highest BCUT2D eigenvalue weighted by Crippen LogP contribution is 2.46. The first-order valence-electron chi connectivity index (χ1n) is 20.3. The molecule has 0 atom stereocenters. The van der Waals surface area contributed by atoms with E-state index in [9.17, 15) is 0 Å². The summed E-state index contributed by atoms with van der Waals surface area (Å²) >= 11 is 1.87. The maximum absolute atomic E-state index is 6.40. The monoisotopic (exact) mass is 783 g/mol. The van der Waals surface area contributed by atoms with Crippen LogP contribution < -0.4 is 0 Å². The molecule has 0 unspecified atom stereocenters. The first kappa shape index (κ1) is 33.4. The molecule has 4 heterocycles. The molecule has 0 aliphatic carbocycles. The molecule has 0 aliphatic rings. The van der Waals surface area contributed by atoms with Crippen LogP contribution in [0.3, 0.4) is 0 Å². The van der Waals surface area contributed by atoms with Crippen LogP contribution in [0.15, 0.2) is 186 Å². The number of fused-ring (bicyclic) bond motifs is 11. The Balaban J connectivity index is 1.17. The van der Waals surface area contributed by atoms with Crippen LogP contribution in [0.4, 0.5) is 0 Å². The summed E-state index contributed by atoms with van der Waals surface area (Å²) in [5.74, 6) is 0.683. The van der Waals surface area contributed by atoms with Crippen LogP contribution in [0.25, 0.3) is 125 Å². The molecule has 60 heavy (non-hydrogen) atoms. The maximum Gasteiger partial charge on any atom is 0.160 e. The second kappa shape index (κ2) is 12.7. The molecule has 0 amide bonds. The van der Waals surface area contributed by atoms with Gasteiger partial charge in [-0.15, -0.1) is 11.3 Å². The van der Waals surface area contributed by atoms with E-state index in [2.05, 4.69) is 175 Å². The van der Waals surface area contributed by atoms with Gasteiger partial charge in [0.1, 0.15) is 11.2 Å². The molecule has 0 saturated heterocycles. The molecular formula is C55H33N3OS. The summed E-state index contributed by atoms with van der Waals surface area (Å²) in [5, 5.41) is 12.0. The molecule has 0 saturated carbocycles. The van der Waals surface area contributed by atoms with Gasteiger partial charge in [0.05, 0.1) is 32.8 Å². The third-order valence-corrected chi connectivity index (χ3v) is 13.5. The van der Waals surface area contributed by atoms with Crippen molar-refractivity contribution in [2.45, 2.75) is 6.92 Å². The fourth-order valence-electron chi connectivity index (χ4n) is 9.51. The molecule has 0 bridgehead atoms. The van der Waals surface area contributed by atoms with Crippen molar-refractivity contribution in [3.8, 4) is 39.6 Å². The highest BCUT2D eigenvalue weighted by atomic mass is 32.1. The van der Waals surface area contributed by atoms with E-state index in [1.807, 2.05) is 29.5 Å². The smallest absolute Gasteiger partial charge is 0.160 e. The molecule has 4 nitrogen and oxygen atoms in total. The molecule has 0 aliphatic heterocycles. The van der Waals surface area contributed by atoms with Gasteiger partial charge in [-0.1, -0.05) is 127 Å². The predicted octanol–water partition coefficient (Wildman–Crippen LogP) is 15.5. The minimum atomic E-state index is 0.683. The van der Waals surface area contributed by atoms with Crippen LogP contribution >= 0.6 is 11.3 Å². The average molecular weight is 784 g/mol. The number of hydrogen-bond donors (Lipinski definition) is 0. The summed E-state index contributed by atoms with van der Waals surface area (Å²) in [6, 6.07) is 65.3. The van der Waals surface area contributed by atoms with E-state index in [-0.39, 0.29) is 0 Å². The zero-order valence-corrected chi connectivity index (χ0v) is 33.3. The van der Waals surface area contributed by atoms with Gasteiger partial charge >= 0.3 is 0 Å². The van der Waals surface area contributed by atoms with Crippen molar-refractivity contribution in [1.82, 2.24) is 14.5 Å². The summed E-state index contributed by atoms with van der Waals surface area (Å²) in [7, 11) is 0. The highest BCUT2D eigenvalue weighted by molar-refractivity contribution is 7.26. The number of rotatable bonds is 4. The Kier molecular flexibility index (Phi) is 7.06. The van der Waals surface area contributed by atoms with Gasteiger partial charge in [0.15, 0.2) is 5.82 Å². The van der Waals surface area contributed by atoms with Crippen LogP contribution in [0, 0.1) is 6.92 Å². The highest BCUT2D eigenvalue weighted by Gasteiger charge is 2.23. The Labute approximate surface area is 348 Å². The molecule has 0 fully saturated rings. The molecule has 13 aromatic rings. The van der Waals surface area contributed by atoms with Crippen molar-refractivity contribution in [1.29, 1.82) is 0 Å². The average Bonchev–Trinajstić information content (AvgIpc) is 3.96. The zero-order valence-electron chi connectivity index (χ0n) is 32.5. The molecule has 13 rings (SSSR count). The lowest BCUT2D eigenvalue weighted by atomic mass is 9.96. The Hall–Kier alpha value is -7.60. The molecule has 0 N–H and O–H groups in total. The van der Waals surface area contributed by atoms with E-state index in [1.165, 1.54) is 63.5 Å². The Morgan fingerprint density at radius 1 is 0.467 bits per heavy atom. The number of furan rings is 1. The minimum Gasteiger partial charge on any atom is -0.456 e. The van der Waals surface area contributed by atoms with E-state index in [0.717, 1.165) is 61.3 Å². The third-order valence-electron chi connectivity index (χ3n) is 12.3. The van der Waals surface area contributed by atoms with Gasteiger partial charge in [0.2, 0.25) is 0 Å². The zero-order chi connectivity index (χ0) is 39.5. The SMILES string of the molecule is Cc1c(-c2cc(-n3c4ccccc4c4cc5ccccc5cc43)c3sc4cc5ccccc5cc4c3c2)nc(-c2ccccc2)nc1-c1cccc2oc3ccccc3c12. The van der Waals surface area contributed by atoms with Gasteiger partial charge in [0.25, 0.3) is 0 Å². The molecule has 0 spiro atoms. The minimum absolute atomic E-state index is 0.683. The van der Waals surface area contributed by atoms with Gasteiger partial charge in [0, 0.05) is 59.3 Å². The summed E-state index contributed by atoms with van der Waals surface area (Å²) in [6.07, 6.45) is 0. The second-order valence-corrected chi connectivity index (χ2v) is 16.8. The number of benzene rings is 9. The van der Waals surface area contributed by atoms with E-state index in [1.54, 1.807) is 0 Å². The summed E-state index contributed by atoms with van der Waals surface area (Å²) in [5.41, 5.74) is 11.0. The molecule has 4 aromatic heterocycles. The van der Waals surface area contributed by atoms with E-state index >= 15 is 0 Å². The lowest BCUT2D eigenvalue weighted by Gasteiger charge is -2.17. The van der Waals surface area contributed by atoms with Crippen molar-refractivity contribution in [2.24, 2.45) is 0 Å². The van der Waals surface area contributed by atoms with E-state index < -0.39 is 0 Å². The van der Waals surface area contributed by atoms with Crippen LogP contribution in [0.2, 0.25) is 0 Å². The third kappa shape index (κ3) is 4.90. The Morgan fingerprint density at radius 3 is 1.93 bits per heavy atom. The van der Waals surface area contributed by atoms with Gasteiger partial charge in [-0.05, 0) is 83.1 Å². The fourth-order valence-corrected chi connectivity index (χ4v) is 10.7. The van der Waals surface area contributed by atoms with Gasteiger partial charge < -0.3 is 8.98 Å². The number of thiophene rings is 1. The largest absolute Gasteiger partial charge is 0.456 e. The van der Waals surface area contributed by atoms with E-state index in [0.29, 0.717) is 5.82 Å². The fraction of sp³-hybridized carbons (Fsp3) is 0.0182. The lowest BCUT2D eigenvalue weighted by Crippen LogP contribution is -2.02. The first-order chi connectivity index (χ1) is 29.6. The van der Waals surface area contributed by atoms with Crippen LogP contribution in [-0.4, -0.2) is 14.5 Å². The summed E-state index contributed by atoms with van der Waals surface area (Å²) in [4.78, 5) is 10.9. The number of para-hydroxylation sites is 2. The summed E-state index contributed by atoms with van der Waals surface area (Å²) in [6.45, 7) is 2.18. The molecule has 9 aromatic carbocycles. The van der Waals surface area contributed by atoms with Crippen molar-refractivity contribution in [2.75, 3.05) is 0 Å². The number of aromatic nitrogens is 3. The van der Waals surface area contributed by atoms with Crippen LogP contribution in [0.5, 0.6) is 0 Å². The summed E-state index contributed by atoms with van der Waals surface area (Å²) < 4.78 is 11.4. The van der Waals surface area contributed by atoms with Crippen LogP contribution in [0.1, 0.15) is 5.56 Å². The number of nitrogens with zero attached hydrogens (tertiary/aromatic N) is 3. The normalized spacial score (nSPS) is 12.1. The molecule has 5 heteroatoms. The second-order valence-electron chi connectivity index (χ2n) is 15.8. The quantitative estimate of drug-likeness (QED) is 0.179. The first-order valence-corrected chi connectivity index (χ1v) is 21.1. The van der Waals surface area contributed by atoms with Gasteiger partial charge in [-0.2, -0.15) is 0 Å². The maximum atomic E-state index is 6.40. The Bertz CT molecular complexity index is 3910. The molecule has 0 radical (unpaired) electrons. The van der Waals surface area contributed by atoms with Crippen molar-refractivity contribution >= 4 is 96.8 Å². The lowest BCUT2D eigenvalue weighted by molar-refractivity contribution is 0.669. The van der Waals surface area contributed by atoms with Crippen molar-refractivity contribution in [3.63, 3.8) is 0 Å². The van der Waals surface area contributed by atoms with Crippen molar-refractivity contribution in [3.05, 3.63) is 188 Å².